The Bertz CT molecular complexity index is 491. The van der Waals surface area contributed by atoms with E-state index >= 15 is 0 Å². The molecule has 1 aromatic carbocycles. The minimum absolute atomic E-state index is 0.0290. The van der Waals surface area contributed by atoms with Crippen molar-refractivity contribution in [2.45, 2.75) is 39.2 Å². The van der Waals surface area contributed by atoms with Crippen molar-refractivity contribution in [1.29, 1.82) is 0 Å². The van der Waals surface area contributed by atoms with Crippen molar-refractivity contribution < 1.29 is 14.3 Å². The van der Waals surface area contributed by atoms with E-state index in [0.29, 0.717) is 12.2 Å². The lowest BCUT2D eigenvalue weighted by Crippen LogP contribution is -2.13. The topological polar surface area (TPSA) is 35.5 Å². The van der Waals surface area contributed by atoms with Gasteiger partial charge in [0.15, 0.2) is 0 Å². The molecule has 0 spiro atoms. The van der Waals surface area contributed by atoms with Crippen molar-refractivity contribution in [2.75, 3.05) is 6.61 Å². The summed E-state index contributed by atoms with van der Waals surface area (Å²) in [7, 11) is 0. The van der Waals surface area contributed by atoms with Gasteiger partial charge in [-0.2, -0.15) is 0 Å². The number of carbonyl (C=O) groups is 1. The Hall–Kier alpha value is -1.77. The van der Waals surface area contributed by atoms with E-state index < -0.39 is 0 Å². The maximum Gasteiger partial charge on any atom is 0.338 e. The normalized spacial score (nSPS) is 16.6. The molecule has 0 N–H and O–H groups in total. The van der Waals surface area contributed by atoms with Gasteiger partial charge < -0.3 is 9.47 Å². The van der Waals surface area contributed by atoms with Gasteiger partial charge in [0.2, 0.25) is 0 Å². The van der Waals surface area contributed by atoms with Gasteiger partial charge in [0, 0.05) is 6.42 Å². The van der Waals surface area contributed by atoms with Crippen LogP contribution in [0.15, 0.2) is 30.4 Å². The van der Waals surface area contributed by atoms with E-state index in [1.807, 2.05) is 13.0 Å². The molecule has 3 heteroatoms. The summed E-state index contributed by atoms with van der Waals surface area (Å²) in [6, 6.07) is 5.51. The molecule has 0 radical (unpaired) electrons. The highest BCUT2D eigenvalue weighted by atomic mass is 16.5. The molecule has 1 aliphatic heterocycles. The minimum atomic E-state index is -0.279. The molecule has 1 aromatic rings. The number of rotatable bonds is 5. The molecule has 0 aromatic heterocycles. The highest BCUT2D eigenvalue weighted by molar-refractivity contribution is 5.90. The van der Waals surface area contributed by atoms with E-state index in [1.54, 1.807) is 12.1 Å². The lowest BCUT2D eigenvalue weighted by Gasteiger charge is -2.09. The third-order valence-corrected chi connectivity index (χ3v) is 3.26. The van der Waals surface area contributed by atoms with Crippen LogP contribution in [0.1, 0.15) is 42.6 Å². The van der Waals surface area contributed by atoms with Gasteiger partial charge in [-0.25, -0.2) is 4.79 Å². The maximum absolute atomic E-state index is 11.8. The van der Waals surface area contributed by atoms with Gasteiger partial charge in [-0.05, 0) is 36.6 Å². The number of carbonyl (C=O) groups excluding carboxylic acids is 1. The van der Waals surface area contributed by atoms with Crippen LogP contribution in [-0.2, 0) is 11.2 Å². The fourth-order valence-corrected chi connectivity index (χ4v) is 2.02. The van der Waals surface area contributed by atoms with Crippen molar-refractivity contribution in [2.24, 2.45) is 0 Å². The largest absolute Gasteiger partial charge is 0.485 e. The molecule has 0 amide bonds. The summed E-state index contributed by atoms with van der Waals surface area (Å²) in [5.41, 5.74) is 2.68. The molecule has 0 saturated carbocycles. The monoisotopic (exact) mass is 260 g/mol. The summed E-state index contributed by atoms with van der Waals surface area (Å²) in [5, 5.41) is 0. The van der Waals surface area contributed by atoms with Crippen LogP contribution in [0.4, 0.5) is 0 Å². The molecule has 19 heavy (non-hydrogen) atoms. The van der Waals surface area contributed by atoms with Crippen LogP contribution in [0, 0.1) is 0 Å². The molecule has 0 fully saturated rings. The number of ether oxygens (including phenoxy) is 2. The molecular formula is C16H20O3. The zero-order valence-corrected chi connectivity index (χ0v) is 11.6. The van der Waals surface area contributed by atoms with Gasteiger partial charge in [0.1, 0.15) is 11.9 Å². The lowest BCUT2D eigenvalue weighted by molar-refractivity contribution is 0.0499. The van der Waals surface area contributed by atoms with E-state index in [4.69, 9.17) is 9.47 Å². The molecule has 0 bridgehead atoms. The first-order valence-electron chi connectivity index (χ1n) is 6.74. The molecule has 1 atom stereocenters. The van der Waals surface area contributed by atoms with Gasteiger partial charge in [0.05, 0.1) is 12.2 Å². The van der Waals surface area contributed by atoms with Crippen molar-refractivity contribution in [3.05, 3.63) is 41.5 Å². The summed E-state index contributed by atoms with van der Waals surface area (Å²) < 4.78 is 11.0. The summed E-state index contributed by atoms with van der Waals surface area (Å²) >= 11 is 0. The molecule has 2 rings (SSSR count). The SMILES string of the molecule is C=C(C)C1Cc2ccc(C(=O)OCCCC)cc2O1. The van der Waals surface area contributed by atoms with Crippen molar-refractivity contribution >= 4 is 5.97 Å². The Balaban J connectivity index is 2.05. The smallest absolute Gasteiger partial charge is 0.338 e. The molecular weight excluding hydrogens is 240 g/mol. The van der Waals surface area contributed by atoms with Crippen LogP contribution >= 0.6 is 0 Å². The van der Waals surface area contributed by atoms with Crippen LogP contribution in [0.2, 0.25) is 0 Å². The Morgan fingerprint density at radius 2 is 2.32 bits per heavy atom. The minimum Gasteiger partial charge on any atom is -0.485 e. The van der Waals surface area contributed by atoms with Crippen LogP contribution in [0.3, 0.4) is 0 Å². The van der Waals surface area contributed by atoms with E-state index in [-0.39, 0.29) is 12.1 Å². The molecule has 0 saturated heterocycles. The van der Waals surface area contributed by atoms with Gasteiger partial charge in [-0.3, -0.25) is 0 Å². The van der Waals surface area contributed by atoms with E-state index in [9.17, 15) is 4.79 Å². The summed E-state index contributed by atoms with van der Waals surface area (Å²) in [4.78, 5) is 11.8. The number of hydrogen-bond acceptors (Lipinski definition) is 3. The second-order valence-corrected chi connectivity index (χ2v) is 4.97. The van der Waals surface area contributed by atoms with E-state index in [0.717, 1.165) is 36.1 Å². The highest BCUT2D eigenvalue weighted by Gasteiger charge is 2.24. The Kier molecular flexibility index (Phi) is 4.25. The Morgan fingerprint density at radius 3 is 3.00 bits per heavy atom. The lowest BCUT2D eigenvalue weighted by atomic mass is 10.0. The van der Waals surface area contributed by atoms with Crippen LogP contribution in [-0.4, -0.2) is 18.7 Å². The molecule has 3 nitrogen and oxygen atoms in total. The zero-order chi connectivity index (χ0) is 13.8. The average Bonchev–Trinajstić information content (AvgIpc) is 2.81. The number of benzene rings is 1. The number of hydrogen-bond donors (Lipinski definition) is 0. The number of fused-ring (bicyclic) bond motifs is 1. The van der Waals surface area contributed by atoms with Crippen LogP contribution in [0.25, 0.3) is 0 Å². The van der Waals surface area contributed by atoms with Crippen molar-refractivity contribution in [3.8, 4) is 5.75 Å². The molecule has 0 aliphatic carbocycles. The second kappa shape index (κ2) is 5.91. The fraction of sp³-hybridized carbons (Fsp3) is 0.438. The molecule has 102 valence electrons. The first-order chi connectivity index (χ1) is 9.11. The third-order valence-electron chi connectivity index (χ3n) is 3.26. The van der Waals surface area contributed by atoms with E-state index in [2.05, 4.69) is 13.5 Å². The maximum atomic E-state index is 11.8. The Labute approximate surface area is 114 Å². The quantitative estimate of drug-likeness (QED) is 0.461. The average molecular weight is 260 g/mol. The van der Waals surface area contributed by atoms with E-state index in [1.165, 1.54) is 0 Å². The molecule has 1 aliphatic rings. The van der Waals surface area contributed by atoms with Crippen molar-refractivity contribution in [1.82, 2.24) is 0 Å². The predicted molar refractivity (Wildman–Crippen MR) is 74.6 cm³/mol. The highest BCUT2D eigenvalue weighted by Crippen LogP contribution is 2.32. The molecule has 1 unspecified atom stereocenters. The first-order valence-corrected chi connectivity index (χ1v) is 6.74. The molecule has 1 heterocycles. The van der Waals surface area contributed by atoms with Crippen molar-refractivity contribution in [3.63, 3.8) is 0 Å². The standard InChI is InChI=1S/C16H20O3/c1-4-5-8-18-16(17)13-7-6-12-9-14(11(2)3)19-15(12)10-13/h6-7,10,14H,2,4-5,8-9H2,1,3H3. The van der Waals surface area contributed by atoms with Gasteiger partial charge in [0.25, 0.3) is 0 Å². The second-order valence-electron chi connectivity index (χ2n) is 4.97. The number of esters is 1. The summed E-state index contributed by atoms with van der Waals surface area (Å²) in [5.74, 6) is 0.497. The summed E-state index contributed by atoms with van der Waals surface area (Å²) in [6.45, 7) is 8.40. The van der Waals surface area contributed by atoms with Gasteiger partial charge in [-0.1, -0.05) is 26.0 Å². The van der Waals surface area contributed by atoms with Gasteiger partial charge in [-0.15, -0.1) is 0 Å². The van der Waals surface area contributed by atoms with Crippen LogP contribution in [0.5, 0.6) is 5.75 Å². The Morgan fingerprint density at radius 1 is 1.53 bits per heavy atom. The predicted octanol–water partition coefficient (Wildman–Crippen LogP) is 3.52. The van der Waals surface area contributed by atoms with Gasteiger partial charge >= 0.3 is 5.97 Å². The zero-order valence-electron chi connectivity index (χ0n) is 11.6. The fourth-order valence-electron chi connectivity index (χ4n) is 2.02. The van der Waals surface area contributed by atoms with Crippen LogP contribution < -0.4 is 4.74 Å². The summed E-state index contributed by atoms with van der Waals surface area (Å²) in [6.07, 6.45) is 2.77. The third kappa shape index (κ3) is 3.16. The number of unbranched alkanes of at least 4 members (excludes halogenated alkanes) is 1. The first kappa shape index (κ1) is 13.7.